The van der Waals surface area contributed by atoms with Gasteiger partial charge in [-0.2, -0.15) is 0 Å². The third-order valence-corrected chi connectivity index (χ3v) is 3.57. The number of carboxylic acids is 1. The highest BCUT2D eigenvalue weighted by Crippen LogP contribution is 2.20. The number of aliphatic carboxylic acids is 1. The van der Waals surface area contributed by atoms with Crippen molar-refractivity contribution in [2.24, 2.45) is 17.6 Å². The first-order chi connectivity index (χ1) is 8.41. The number of carbonyl (C=O) groups excluding carboxylic acids is 1. The van der Waals surface area contributed by atoms with Crippen LogP contribution in [-0.4, -0.2) is 41.0 Å². The molecule has 1 aliphatic heterocycles. The van der Waals surface area contributed by atoms with E-state index in [9.17, 15) is 9.59 Å². The lowest BCUT2D eigenvalue weighted by Crippen LogP contribution is -2.34. The third kappa shape index (κ3) is 4.29. The molecule has 1 saturated heterocycles. The molecule has 5 heteroatoms. The number of nitrogens with two attached hydrogens (primary N) is 1. The molecule has 0 bridgehead atoms. The standard InChI is InChI=1S/C13H24N2O3/c1-9(4-3-5-10(2)14)12(16)15-7-6-11(8-15)13(17)18/h9-11H,3-8,14H2,1-2H3,(H,17,18). The second-order valence-corrected chi connectivity index (χ2v) is 5.42. The average molecular weight is 256 g/mol. The SMILES string of the molecule is CC(N)CCCC(C)C(=O)N1CCC(C(=O)O)C1. The van der Waals surface area contributed by atoms with Gasteiger partial charge in [-0.25, -0.2) is 0 Å². The topological polar surface area (TPSA) is 83.6 Å². The highest BCUT2D eigenvalue weighted by molar-refractivity contribution is 5.80. The summed E-state index contributed by atoms with van der Waals surface area (Å²) < 4.78 is 0. The van der Waals surface area contributed by atoms with E-state index in [1.54, 1.807) is 4.90 Å². The molecule has 1 fully saturated rings. The van der Waals surface area contributed by atoms with Gasteiger partial charge in [-0.15, -0.1) is 0 Å². The molecular formula is C13H24N2O3. The second kappa shape index (κ2) is 6.73. The van der Waals surface area contributed by atoms with Crippen LogP contribution in [0.5, 0.6) is 0 Å². The van der Waals surface area contributed by atoms with Crippen molar-refractivity contribution in [3.8, 4) is 0 Å². The van der Waals surface area contributed by atoms with Crippen molar-refractivity contribution < 1.29 is 14.7 Å². The predicted molar refractivity (Wildman–Crippen MR) is 69.0 cm³/mol. The van der Waals surface area contributed by atoms with Crippen molar-refractivity contribution in [1.82, 2.24) is 4.90 Å². The van der Waals surface area contributed by atoms with Gasteiger partial charge < -0.3 is 15.7 Å². The Hall–Kier alpha value is -1.10. The lowest BCUT2D eigenvalue weighted by molar-refractivity contribution is -0.141. The number of hydrogen-bond donors (Lipinski definition) is 2. The van der Waals surface area contributed by atoms with Crippen molar-refractivity contribution in [1.29, 1.82) is 0 Å². The van der Waals surface area contributed by atoms with Gasteiger partial charge in [-0.1, -0.05) is 13.3 Å². The Bertz CT molecular complexity index is 305. The van der Waals surface area contributed by atoms with Crippen LogP contribution in [0, 0.1) is 11.8 Å². The van der Waals surface area contributed by atoms with Crippen LogP contribution in [0.1, 0.15) is 39.5 Å². The zero-order chi connectivity index (χ0) is 13.7. The molecule has 5 nitrogen and oxygen atoms in total. The number of likely N-dealkylation sites (tertiary alicyclic amines) is 1. The molecule has 0 aromatic rings. The lowest BCUT2D eigenvalue weighted by Gasteiger charge is -2.20. The summed E-state index contributed by atoms with van der Waals surface area (Å²) in [6.07, 6.45) is 3.28. The van der Waals surface area contributed by atoms with Crippen LogP contribution in [0.15, 0.2) is 0 Å². The molecule has 0 aliphatic carbocycles. The van der Waals surface area contributed by atoms with Gasteiger partial charge in [0.05, 0.1) is 5.92 Å². The van der Waals surface area contributed by atoms with E-state index >= 15 is 0 Å². The number of carboxylic acid groups (broad SMARTS) is 1. The van der Waals surface area contributed by atoms with Gasteiger partial charge in [-0.05, 0) is 26.2 Å². The smallest absolute Gasteiger partial charge is 0.308 e. The van der Waals surface area contributed by atoms with Gasteiger partial charge in [0.15, 0.2) is 0 Å². The Labute approximate surface area is 108 Å². The van der Waals surface area contributed by atoms with Crippen LogP contribution in [0.2, 0.25) is 0 Å². The molecule has 0 aromatic carbocycles. The molecule has 1 aliphatic rings. The molecule has 3 unspecified atom stereocenters. The molecule has 1 heterocycles. The summed E-state index contributed by atoms with van der Waals surface area (Å²) in [6, 6.07) is 0.176. The first-order valence-electron chi connectivity index (χ1n) is 6.69. The van der Waals surface area contributed by atoms with Crippen molar-refractivity contribution in [2.75, 3.05) is 13.1 Å². The van der Waals surface area contributed by atoms with Crippen LogP contribution in [0.4, 0.5) is 0 Å². The second-order valence-electron chi connectivity index (χ2n) is 5.42. The number of carbonyl (C=O) groups is 2. The fourth-order valence-electron chi connectivity index (χ4n) is 2.34. The average Bonchev–Trinajstić information content (AvgIpc) is 2.76. The maximum Gasteiger partial charge on any atom is 0.308 e. The summed E-state index contributed by atoms with van der Waals surface area (Å²) >= 11 is 0. The molecule has 0 saturated carbocycles. The Kier molecular flexibility index (Phi) is 5.59. The summed E-state index contributed by atoms with van der Waals surface area (Å²) in [4.78, 5) is 24.6. The quantitative estimate of drug-likeness (QED) is 0.744. The molecule has 3 atom stereocenters. The van der Waals surface area contributed by atoms with Gasteiger partial charge in [0.25, 0.3) is 0 Å². The fraction of sp³-hybridized carbons (Fsp3) is 0.846. The van der Waals surface area contributed by atoms with E-state index in [-0.39, 0.29) is 23.8 Å². The van der Waals surface area contributed by atoms with E-state index in [1.807, 2.05) is 13.8 Å². The van der Waals surface area contributed by atoms with Crippen LogP contribution >= 0.6 is 0 Å². The summed E-state index contributed by atoms with van der Waals surface area (Å²) in [5.41, 5.74) is 5.67. The normalized spacial score (nSPS) is 22.8. The lowest BCUT2D eigenvalue weighted by atomic mass is 10.0. The number of amides is 1. The minimum atomic E-state index is -0.796. The predicted octanol–water partition coefficient (Wildman–Crippen LogP) is 1.07. The molecule has 0 radical (unpaired) electrons. The minimum absolute atomic E-state index is 0.0312. The summed E-state index contributed by atoms with van der Waals surface area (Å²) in [6.45, 7) is 4.82. The van der Waals surface area contributed by atoms with Crippen molar-refractivity contribution in [3.63, 3.8) is 0 Å². The number of nitrogens with zero attached hydrogens (tertiary/aromatic N) is 1. The highest BCUT2D eigenvalue weighted by Gasteiger charge is 2.32. The van der Waals surface area contributed by atoms with E-state index in [4.69, 9.17) is 10.8 Å². The largest absolute Gasteiger partial charge is 0.481 e. The zero-order valence-corrected chi connectivity index (χ0v) is 11.3. The number of hydrogen-bond acceptors (Lipinski definition) is 3. The van der Waals surface area contributed by atoms with Gasteiger partial charge >= 0.3 is 5.97 Å². The van der Waals surface area contributed by atoms with Crippen LogP contribution in [0.25, 0.3) is 0 Å². The van der Waals surface area contributed by atoms with E-state index in [2.05, 4.69) is 0 Å². The molecule has 1 amide bonds. The maximum atomic E-state index is 12.1. The fourth-order valence-corrected chi connectivity index (χ4v) is 2.34. The Morgan fingerprint density at radius 2 is 2.06 bits per heavy atom. The highest BCUT2D eigenvalue weighted by atomic mass is 16.4. The van der Waals surface area contributed by atoms with Crippen molar-refractivity contribution >= 4 is 11.9 Å². The van der Waals surface area contributed by atoms with E-state index in [0.717, 1.165) is 19.3 Å². The first-order valence-corrected chi connectivity index (χ1v) is 6.69. The minimum Gasteiger partial charge on any atom is -0.481 e. The zero-order valence-electron chi connectivity index (χ0n) is 11.3. The summed E-state index contributed by atoms with van der Waals surface area (Å²) in [5.74, 6) is -1.13. The van der Waals surface area contributed by atoms with Gasteiger partial charge in [0.1, 0.15) is 0 Å². The van der Waals surface area contributed by atoms with Crippen LogP contribution < -0.4 is 5.73 Å². The van der Waals surface area contributed by atoms with Crippen molar-refractivity contribution in [3.05, 3.63) is 0 Å². The van der Waals surface area contributed by atoms with Crippen molar-refractivity contribution in [2.45, 2.75) is 45.6 Å². The van der Waals surface area contributed by atoms with Crippen LogP contribution in [0.3, 0.4) is 0 Å². The van der Waals surface area contributed by atoms with E-state index in [0.29, 0.717) is 19.5 Å². The molecular weight excluding hydrogens is 232 g/mol. The van der Waals surface area contributed by atoms with Crippen LogP contribution in [-0.2, 0) is 9.59 Å². The Morgan fingerprint density at radius 1 is 1.39 bits per heavy atom. The third-order valence-electron chi connectivity index (χ3n) is 3.57. The first kappa shape index (κ1) is 15.0. The molecule has 18 heavy (non-hydrogen) atoms. The molecule has 1 rings (SSSR count). The van der Waals surface area contributed by atoms with Gasteiger partial charge in [0, 0.05) is 25.0 Å². The molecule has 0 aromatic heterocycles. The van der Waals surface area contributed by atoms with Gasteiger partial charge in [0.2, 0.25) is 5.91 Å². The number of rotatable bonds is 6. The molecule has 104 valence electrons. The summed E-state index contributed by atoms with van der Waals surface area (Å²) in [5, 5.41) is 8.90. The molecule has 3 N–H and O–H groups in total. The van der Waals surface area contributed by atoms with E-state index < -0.39 is 5.97 Å². The van der Waals surface area contributed by atoms with E-state index in [1.165, 1.54) is 0 Å². The Morgan fingerprint density at radius 3 is 2.56 bits per heavy atom. The summed E-state index contributed by atoms with van der Waals surface area (Å²) in [7, 11) is 0. The maximum absolute atomic E-state index is 12.1. The Balaban J connectivity index is 2.33. The van der Waals surface area contributed by atoms with Gasteiger partial charge in [-0.3, -0.25) is 9.59 Å². The molecule has 0 spiro atoms. The monoisotopic (exact) mass is 256 g/mol.